The molecule has 2 aliphatic rings. The maximum absolute atomic E-state index is 14.8. The van der Waals surface area contributed by atoms with E-state index in [2.05, 4.69) is 6.92 Å². The van der Waals surface area contributed by atoms with Gasteiger partial charge >= 0.3 is 11.8 Å². The van der Waals surface area contributed by atoms with E-state index in [0.717, 1.165) is 32.6 Å². The van der Waals surface area contributed by atoms with Crippen LogP contribution in [-0.2, 0) is 12.3 Å². The predicted molar refractivity (Wildman–Crippen MR) is 78.5 cm³/mol. The van der Waals surface area contributed by atoms with Crippen molar-refractivity contribution in [3.63, 3.8) is 0 Å². The van der Waals surface area contributed by atoms with E-state index in [4.69, 9.17) is 0 Å². The van der Waals surface area contributed by atoms with E-state index in [1.807, 2.05) is 0 Å². The molecule has 128 valence electrons. The molecule has 1 fully saturated rings. The van der Waals surface area contributed by atoms with Crippen LogP contribution in [0.25, 0.3) is 0 Å². The van der Waals surface area contributed by atoms with E-state index in [9.17, 15) is 22.0 Å². The number of hydrogen-bond donors (Lipinski definition) is 0. The SMILES string of the molecule is CC1CCC(c2ccc3c(c2F)C(F)(F)C(F)(F)C(C)C3)CC1. The highest BCUT2D eigenvalue weighted by Gasteiger charge is 2.64. The minimum atomic E-state index is -4.46. The van der Waals surface area contributed by atoms with Crippen LogP contribution < -0.4 is 0 Å². The highest BCUT2D eigenvalue weighted by Crippen LogP contribution is 2.54. The average molecular weight is 332 g/mol. The van der Waals surface area contributed by atoms with Crippen molar-refractivity contribution in [2.75, 3.05) is 0 Å². The summed E-state index contributed by atoms with van der Waals surface area (Å²) in [7, 11) is 0. The van der Waals surface area contributed by atoms with Crippen LogP contribution in [0.4, 0.5) is 22.0 Å². The van der Waals surface area contributed by atoms with Gasteiger partial charge in [-0.3, -0.25) is 0 Å². The van der Waals surface area contributed by atoms with Crippen molar-refractivity contribution in [1.82, 2.24) is 0 Å². The molecule has 0 saturated heterocycles. The van der Waals surface area contributed by atoms with Crippen molar-refractivity contribution in [2.45, 2.75) is 63.7 Å². The van der Waals surface area contributed by atoms with Crippen molar-refractivity contribution in [2.24, 2.45) is 11.8 Å². The van der Waals surface area contributed by atoms with E-state index in [0.29, 0.717) is 5.92 Å². The summed E-state index contributed by atoms with van der Waals surface area (Å²) < 4.78 is 71.3. The summed E-state index contributed by atoms with van der Waals surface area (Å²) in [5, 5.41) is 0. The molecule has 1 aromatic rings. The summed E-state index contributed by atoms with van der Waals surface area (Å²) in [6.45, 7) is 3.20. The van der Waals surface area contributed by atoms with Crippen molar-refractivity contribution < 1.29 is 22.0 Å². The maximum Gasteiger partial charge on any atom is 0.338 e. The lowest BCUT2D eigenvalue weighted by Crippen LogP contribution is -2.48. The van der Waals surface area contributed by atoms with Gasteiger partial charge in [0.15, 0.2) is 0 Å². The normalized spacial score (nSPS) is 32.4. The molecule has 5 heteroatoms. The van der Waals surface area contributed by atoms with Crippen LogP contribution in [0.1, 0.15) is 62.1 Å². The van der Waals surface area contributed by atoms with Gasteiger partial charge in [0, 0.05) is 5.92 Å². The van der Waals surface area contributed by atoms with E-state index in [1.54, 1.807) is 0 Å². The van der Waals surface area contributed by atoms with Crippen molar-refractivity contribution in [3.8, 4) is 0 Å². The lowest BCUT2D eigenvalue weighted by Gasteiger charge is -2.38. The minimum Gasteiger partial charge on any atom is -0.206 e. The Morgan fingerprint density at radius 1 is 0.957 bits per heavy atom. The smallest absolute Gasteiger partial charge is 0.206 e. The molecule has 0 spiro atoms. The monoisotopic (exact) mass is 332 g/mol. The molecule has 23 heavy (non-hydrogen) atoms. The molecule has 0 heterocycles. The number of fused-ring (bicyclic) bond motifs is 1. The molecule has 0 N–H and O–H groups in total. The van der Waals surface area contributed by atoms with Gasteiger partial charge in [-0.05, 0) is 42.2 Å². The van der Waals surface area contributed by atoms with Gasteiger partial charge < -0.3 is 0 Å². The summed E-state index contributed by atoms with van der Waals surface area (Å²) >= 11 is 0. The Hall–Kier alpha value is -1.13. The Balaban J connectivity index is 2.06. The van der Waals surface area contributed by atoms with Crippen molar-refractivity contribution in [1.29, 1.82) is 0 Å². The van der Waals surface area contributed by atoms with Crippen molar-refractivity contribution in [3.05, 3.63) is 34.6 Å². The van der Waals surface area contributed by atoms with Crippen LogP contribution in [-0.4, -0.2) is 5.92 Å². The number of halogens is 5. The molecule has 0 amide bonds. The molecule has 0 aromatic heterocycles. The second-order valence-corrected chi connectivity index (χ2v) is 7.26. The second kappa shape index (κ2) is 5.45. The molecule has 3 rings (SSSR count). The molecule has 1 saturated carbocycles. The largest absolute Gasteiger partial charge is 0.338 e. The number of hydrogen-bond acceptors (Lipinski definition) is 0. The third-order valence-electron chi connectivity index (χ3n) is 5.59. The molecule has 2 aliphatic carbocycles. The fourth-order valence-corrected chi connectivity index (χ4v) is 3.96. The Morgan fingerprint density at radius 2 is 1.57 bits per heavy atom. The summed E-state index contributed by atoms with van der Waals surface area (Å²) in [5.74, 6) is -10.9. The summed E-state index contributed by atoms with van der Waals surface area (Å²) in [5.41, 5.74) is -0.878. The van der Waals surface area contributed by atoms with Gasteiger partial charge in [0.2, 0.25) is 0 Å². The quantitative estimate of drug-likeness (QED) is 0.550. The van der Waals surface area contributed by atoms with Crippen LogP contribution in [0.3, 0.4) is 0 Å². The molecule has 1 aromatic carbocycles. The van der Waals surface area contributed by atoms with Gasteiger partial charge in [0.05, 0.1) is 5.56 Å². The standard InChI is InChI=1S/C18H21F5/c1-10-3-5-12(6-4-10)14-8-7-13-9-11(2)17(20,21)18(22,23)15(13)16(14)19/h7-8,10-12H,3-6,9H2,1-2H3. The Kier molecular flexibility index (Phi) is 3.96. The first-order valence-corrected chi connectivity index (χ1v) is 8.23. The highest BCUT2D eigenvalue weighted by molar-refractivity contribution is 5.42. The first-order valence-electron chi connectivity index (χ1n) is 8.23. The topological polar surface area (TPSA) is 0 Å². The molecule has 1 unspecified atom stereocenters. The number of alkyl halides is 4. The van der Waals surface area contributed by atoms with E-state index in [-0.39, 0.29) is 23.5 Å². The average Bonchev–Trinajstić information content (AvgIpc) is 2.47. The first-order chi connectivity index (χ1) is 10.7. The molecular formula is C18H21F5. The van der Waals surface area contributed by atoms with E-state index >= 15 is 0 Å². The molecular weight excluding hydrogens is 311 g/mol. The zero-order chi connectivity index (χ0) is 17.0. The van der Waals surface area contributed by atoms with Crippen LogP contribution >= 0.6 is 0 Å². The third kappa shape index (κ3) is 2.47. The van der Waals surface area contributed by atoms with Gasteiger partial charge in [-0.15, -0.1) is 0 Å². The van der Waals surface area contributed by atoms with Gasteiger partial charge in [-0.25, -0.2) is 4.39 Å². The summed E-state index contributed by atoms with van der Waals surface area (Å²) in [6.07, 6.45) is 3.02. The predicted octanol–water partition coefficient (Wildman–Crippen LogP) is 6.04. The highest BCUT2D eigenvalue weighted by atomic mass is 19.3. The van der Waals surface area contributed by atoms with Gasteiger partial charge in [0.25, 0.3) is 0 Å². The fraction of sp³-hybridized carbons (Fsp3) is 0.667. The Labute approximate surface area is 133 Å². The number of rotatable bonds is 1. The Bertz CT molecular complexity index is 600. The first kappa shape index (κ1) is 16.7. The third-order valence-corrected chi connectivity index (χ3v) is 5.59. The van der Waals surface area contributed by atoms with Crippen molar-refractivity contribution >= 4 is 0 Å². The van der Waals surface area contributed by atoms with Gasteiger partial charge in [-0.1, -0.05) is 38.8 Å². The van der Waals surface area contributed by atoms with Gasteiger partial charge in [0.1, 0.15) is 5.82 Å². The minimum absolute atomic E-state index is 0.0128. The molecule has 0 aliphatic heterocycles. The van der Waals surface area contributed by atoms with Crippen LogP contribution in [0.15, 0.2) is 12.1 Å². The summed E-state index contributed by atoms with van der Waals surface area (Å²) in [6, 6.07) is 2.95. The van der Waals surface area contributed by atoms with Gasteiger partial charge in [-0.2, -0.15) is 17.6 Å². The second-order valence-electron chi connectivity index (χ2n) is 7.26. The van der Waals surface area contributed by atoms with E-state index < -0.39 is 29.1 Å². The molecule has 1 atom stereocenters. The molecule has 0 nitrogen and oxygen atoms in total. The Morgan fingerprint density at radius 3 is 2.17 bits per heavy atom. The van der Waals surface area contributed by atoms with Crippen LogP contribution in [0.2, 0.25) is 0 Å². The van der Waals surface area contributed by atoms with E-state index in [1.165, 1.54) is 12.1 Å². The molecule has 0 bridgehead atoms. The van der Waals surface area contributed by atoms with Crippen LogP contribution in [0, 0.1) is 17.7 Å². The lowest BCUT2D eigenvalue weighted by molar-refractivity contribution is -0.248. The lowest BCUT2D eigenvalue weighted by atomic mass is 9.74. The number of benzene rings is 1. The summed E-state index contributed by atoms with van der Waals surface area (Å²) in [4.78, 5) is 0. The fourth-order valence-electron chi connectivity index (χ4n) is 3.96. The van der Waals surface area contributed by atoms with Crippen LogP contribution in [0.5, 0.6) is 0 Å². The zero-order valence-corrected chi connectivity index (χ0v) is 13.3. The zero-order valence-electron chi connectivity index (χ0n) is 13.3. The maximum atomic E-state index is 14.8. The molecule has 0 radical (unpaired) electrons.